The Morgan fingerprint density at radius 1 is 0.667 bits per heavy atom. The molecule has 0 saturated carbocycles. The summed E-state index contributed by atoms with van der Waals surface area (Å²) in [7, 11) is 0. The van der Waals surface area contributed by atoms with Gasteiger partial charge in [0.2, 0.25) is 23.6 Å². The summed E-state index contributed by atoms with van der Waals surface area (Å²) in [5, 5.41) is 0.707. The van der Waals surface area contributed by atoms with Crippen molar-refractivity contribution in [1.82, 2.24) is 20.9 Å². The Balaban J connectivity index is 4.97. The van der Waals surface area contributed by atoms with Crippen molar-refractivity contribution in [1.29, 1.82) is 0 Å². The van der Waals surface area contributed by atoms with Crippen LogP contribution in [0.5, 0.6) is 0 Å². The Labute approximate surface area is 120 Å². The highest BCUT2D eigenvalue weighted by atomic mass is 16.2. The van der Waals surface area contributed by atoms with Crippen LogP contribution in [0.3, 0.4) is 0 Å². The third-order valence-electron chi connectivity index (χ3n) is 1.97. The standard InChI is InChI=1S/C11H16N4O6/c1-6(16)12-14(8(3)18)10(20)5-11(21)15(9(4)19)13-7(2)17/h5H2,1-4H3,(H,12,16)(H,13,17). The van der Waals surface area contributed by atoms with Gasteiger partial charge >= 0.3 is 0 Å². The van der Waals surface area contributed by atoms with Gasteiger partial charge in [-0.25, -0.2) is 0 Å². The second-order valence-electron chi connectivity index (χ2n) is 4.01. The molecule has 0 aliphatic heterocycles. The highest BCUT2D eigenvalue weighted by Gasteiger charge is 2.27. The van der Waals surface area contributed by atoms with E-state index in [1.807, 2.05) is 10.9 Å². The van der Waals surface area contributed by atoms with E-state index in [0.29, 0.717) is 10.0 Å². The number of amides is 6. The fourth-order valence-electron chi connectivity index (χ4n) is 1.24. The molecule has 0 radical (unpaired) electrons. The highest BCUT2D eigenvalue weighted by molar-refractivity contribution is 6.08. The first-order valence-electron chi connectivity index (χ1n) is 5.77. The summed E-state index contributed by atoms with van der Waals surface area (Å²) in [5.41, 5.74) is 3.89. The van der Waals surface area contributed by atoms with E-state index in [1.165, 1.54) is 0 Å². The van der Waals surface area contributed by atoms with Crippen molar-refractivity contribution in [2.24, 2.45) is 0 Å². The van der Waals surface area contributed by atoms with E-state index in [4.69, 9.17) is 0 Å². The first-order valence-corrected chi connectivity index (χ1v) is 5.77. The average Bonchev–Trinajstić information content (AvgIpc) is 2.31. The van der Waals surface area contributed by atoms with Crippen LogP contribution < -0.4 is 10.9 Å². The van der Waals surface area contributed by atoms with Gasteiger partial charge in [-0.2, -0.15) is 10.0 Å². The van der Waals surface area contributed by atoms with Gasteiger partial charge in [0.05, 0.1) is 0 Å². The van der Waals surface area contributed by atoms with Gasteiger partial charge in [-0.15, -0.1) is 0 Å². The van der Waals surface area contributed by atoms with Crippen LogP contribution in [-0.2, 0) is 28.8 Å². The van der Waals surface area contributed by atoms with Crippen molar-refractivity contribution in [2.75, 3.05) is 0 Å². The fraction of sp³-hybridized carbons (Fsp3) is 0.455. The molecule has 21 heavy (non-hydrogen) atoms. The van der Waals surface area contributed by atoms with Gasteiger partial charge in [-0.3, -0.25) is 39.6 Å². The molecule has 0 atom stereocenters. The number of hydrogen-bond acceptors (Lipinski definition) is 6. The van der Waals surface area contributed by atoms with Gasteiger partial charge in [0.15, 0.2) is 0 Å². The number of rotatable bonds is 2. The van der Waals surface area contributed by atoms with Gasteiger partial charge in [0.1, 0.15) is 6.42 Å². The Morgan fingerprint density at radius 3 is 1.14 bits per heavy atom. The summed E-state index contributed by atoms with van der Waals surface area (Å²) in [5.74, 6) is -5.07. The molecular weight excluding hydrogens is 284 g/mol. The molecule has 0 bridgehead atoms. The van der Waals surface area contributed by atoms with Crippen LogP contribution in [0, 0.1) is 0 Å². The third kappa shape index (κ3) is 6.27. The lowest BCUT2D eigenvalue weighted by molar-refractivity contribution is -0.157. The summed E-state index contributed by atoms with van der Waals surface area (Å²) in [4.78, 5) is 67.7. The number of hydrazine groups is 2. The molecule has 0 aromatic rings. The molecular formula is C11H16N4O6. The maximum absolute atomic E-state index is 11.8. The number of nitrogens with zero attached hydrogens (tertiary/aromatic N) is 2. The Kier molecular flexibility index (Phi) is 6.70. The van der Waals surface area contributed by atoms with Crippen molar-refractivity contribution in [3.63, 3.8) is 0 Å². The van der Waals surface area contributed by atoms with E-state index in [0.717, 1.165) is 27.7 Å². The maximum atomic E-state index is 11.8. The number of hydrogen-bond donors (Lipinski definition) is 2. The predicted molar refractivity (Wildman–Crippen MR) is 67.3 cm³/mol. The lowest BCUT2D eigenvalue weighted by Crippen LogP contribution is -2.52. The minimum Gasteiger partial charge on any atom is -0.274 e. The highest BCUT2D eigenvalue weighted by Crippen LogP contribution is 1.98. The molecule has 116 valence electrons. The molecule has 0 aliphatic carbocycles. The second-order valence-corrected chi connectivity index (χ2v) is 4.01. The minimum absolute atomic E-state index is 0.353. The third-order valence-corrected chi connectivity index (χ3v) is 1.97. The average molecular weight is 300 g/mol. The second kappa shape index (κ2) is 7.72. The van der Waals surface area contributed by atoms with Crippen LogP contribution in [0.2, 0.25) is 0 Å². The van der Waals surface area contributed by atoms with Crippen LogP contribution in [0.15, 0.2) is 0 Å². The lowest BCUT2D eigenvalue weighted by atomic mass is 10.3. The zero-order valence-electron chi connectivity index (χ0n) is 12.1. The van der Waals surface area contributed by atoms with E-state index in [2.05, 4.69) is 0 Å². The Hall–Kier alpha value is -2.78. The normalized spacial score (nSPS) is 9.33. The van der Waals surface area contributed by atoms with Gasteiger partial charge in [-0.05, 0) is 0 Å². The topological polar surface area (TPSA) is 133 Å². The predicted octanol–water partition coefficient (Wildman–Crippen LogP) is -1.77. The molecule has 0 fully saturated rings. The summed E-state index contributed by atoms with van der Waals surface area (Å²) >= 11 is 0. The van der Waals surface area contributed by atoms with Crippen LogP contribution in [0.1, 0.15) is 34.1 Å². The SMILES string of the molecule is CC(=O)NN(C(C)=O)C(=O)CC(=O)N(NC(C)=O)C(C)=O. The first kappa shape index (κ1) is 18.2. The van der Waals surface area contributed by atoms with Crippen LogP contribution in [-0.4, -0.2) is 45.5 Å². The van der Waals surface area contributed by atoms with Crippen molar-refractivity contribution < 1.29 is 28.8 Å². The molecule has 0 spiro atoms. The summed E-state index contributed by atoms with van der Waals surface area (Å²) in [6.07, 6.45) is -0.889. The van der Waals surface area contributed by atoms with E-state index in [-0.39, 0.29) is 0 Å². The number of carbonyl (C=O) groups is 6. The van der Waals surface area contributed by atoms with Gasteiger partial charge in [-0.1, -0.05) is 0 Å². The number of carbonyl (C=O) groups excluding carboxylic acids is 6. The summed E-state index contributed by atoms with van der Waals surface area (Å²) in [6.45, 7) is 4.16. The molecule has 10 nitrogen and oxygen atoms in total. The van der Waals surface area contributed by atoms with E-state index >= 15 is 0 Å². The Morgan fingerprint density at radius 2 is 0.952 bits per heavy atom. The molecule has 0 rings (SSSR count). The number of nitrogens with one attached hydrogen (secondary N) is 2. The minimum atomic E-state index is -1.04. The molecule has 0 aromatic heterocycles. The van der Waals surface area contributed by atoms with Gasteiger partial charge in [0, 0.05) is 27.7 Å². The van der Waals surface area contributed by atoms with Crippen LogP contribution in [0.25, 0.3) is 0 Å². The summed E-state index contributed by atoms with van der Waals surface area (Å²) < 4.78 is 0. The molecule has 0 aromatic carbocycles. The number of imide groups is 2. The van der Waals surface area contributed by atoms with Gasteiger partial charge < -0.3 is 0 Å². The molecule has 6 amide bonds. The Bertz CT molecular complexity index is 457. The van der Waals surface area contributed by atoms with Crippen molar-refractivity contribution in [3.05, 3.63) is 0 Å². The molecule has 2 N–H and O–H groups in total. The van der Waals surface area contributed by atoms with E-state index in [9.17, 15) is 28.8 Å². The summed E-state index contributed by atoms with van der Waals surface area (Å²) in [6, 6.07) is 0. The van der Waals surface area contributed by atoms with Gasteiger partial charge in [0.25, 0.3) is 11.8 Å². The zero-order valence-corrected chi connectivity index (χ0v) is 12.1. The van der Waals surface area contributed by atoms with Crippen molar-refractivity contribution >= 4 is 35.4 Å². The maximum Gasteiger partial charge on any atom is 0.257 e. The zero-order chi connectivity index (χ0) is 16.7. The smallest absolute Gasteiger partial charge is 0.257 e. The quantitative estimate of drug-likeness (QED) is 0.458. The van der Waals surface area contributed by atoms with Crippen molar-refractivity contribution in [3.8, 4) is 0 Å². The van der Waals surface area contributed by atoms with Crippen molar-refractivity contribution in [2.45, 2.75) is 34.1 Å². The van der Waals surface area contributed by atoms with E-state index < -0.39 is 41.9 Å². The monoisotopic (exact) mass is 300 g/mol. The van der Waals surface area contributed by atoms with E-state index in [1.54, 1.807) is 0 Å². The molecule has 0 unspecified atom stereocenters. The van der Waals surface area contributed by atoms with Crippen LogP contribution in [0.4, 0.5) is 0 Å². The fourth-order valence-corrected chi connectivity index (χ4v) is 1.24. The molecule has 0 aliphatic rings. The molecule has 10 heteroatoms. The molecule has 0 heterocycles. The van der Waals surface area contributed by atoms with Crippen LogP contribution >= 0.6 is 0 Å². The first-order chi connectivity index (χ1) is 9.56. The molecule has 0 saturated heterocycles. The largest absolute Gasteiger partial charge is 0.274 e. The lowest BCUT2D eigenvalue weighted by Gasteiger charge is -2.21.